The maximum Gasteiger partial charge on any atom is 0.343 e. The zero-order valence-corrected chi connectivity index (χ0v) is 18.7. The van der Waals surface area contributed by atoms with E-state index in [0.717, 1.165) is 17.5 Å². The van der Waals surface area contributed by atoms with Gasteiger partial charge < -0.3 is 24.6 Å². The Hall–Kier alpha value is -1.83. The lowest BCUT2D eigenvalue weighted by atomic mass is 10.1. The first-order valence-electron chi connectivity index (χ1n) is 9.51. The van der Waals surface area contributed by atoms with Crippen LogP contribution in [0.2, 0.25) is 5.02 Å². The van der Waals surface area contributed by atoms with Crippen molar-refractivity contribution in [3.63, 3.8) is 0 Å². The van der Waals surface area contributed by atoms with Crippen LogP contribution in [0.25, 0.3) is 0 Å². The Balaban J connectivity index is 0.00000450. The molecule has 0 amide bonds. The third-order valence-electron chi connectivity index (χ3n) is 4.33. The smallest absolute Gasteiger partial charge is 0.343 e. The van der Waals surface area contributed by atoms with Crippen LogP contribution >= 0.6 is 24.0 Å². The number of hydrogen-bond donors (Lipinski definition) is 2. The van der Waals surface area contributed by atoms with Crippen molar-refractivity contribution >= 4 is 30.0 Å². The van der Waals surface area contributed by atoms with Crippen LogP contribution < -0.4 is 10.1 Å². The van der Waals surface area contributed by atoms with Crippen molar-refractivity contribution in [3.8, 4) is 5.75 Å². The second-order valence-corrected chi connectivity index (χ2v) is 7.10. The summed E-state index contributed by atoms with van der Waals surface area (Å²) < 4.78 is 15.7. The summed E-state index contributed by atoms with van der Waals surface area (Å²) in [7, 11) is 1.33. The van der Waals surface area contributed by atoms with Crippen molar-refractivity contribution in [1.29, 1.82) is 0 Å². The van der Waals surface area contributed by atoms with Crippen LogP contribution in [0.5, 0.6) is 5.75 Å². The molecule has 2 N–H and O–H groups in total. The molecular weight excluding hydrogens is 429 g/mol. The van der Waals surface area contributed by atoms with E-state index in [-0.39, 0.29) is 44.4 Å². The number of methoxy groups -OCH3 is 1. The van der Waals surface area contributed by atoms with Gasteiger partial charge >= 0.3 is 5.97 Å². The quantitative estimate of drug-likeness (QED) is 0.474. The third-order valence-corrected chi connectivity index (χ3v) is 4.57. The number of rotatable bonds is 12. The molecule has 0 aromatic heterocycles. The van der Waals surface area contributed by atoms with Crippen molar-refractivity contribution in [2.45, 2.75) is 25.5 Å². The standard InChI is InChI=1S/C22H28ClNO5.ClH/c1-16(12-17-6-8-20(9-7-17)29-15-22(26)27-2)24-14-21(28-11-10-25)18-4-3-5-19(23)13-18;/h3-9,13,16,21,24-25H,10-12,14-15H2,1-2H3;1H. The van der Waals surface area contributed by atoms with Gasteiger partial charge in [0.15, 0.2) is 6.61 Å². The van der Waals surface area contributed by atoms with Crippen molar-refractivity contribution in [2.24, 2.45) is 0 Å². The molecule has 0 aliphatic rings. The predicted molar refractivity (Wildman–Crippen MR) is 120 cm³/mol. The van der Waals surface area contributed by atoms with Gasteiger partial charge in [-0.3, -0.25) is 0 Å². The summed E-state index contributed by atoms with van der Waals surface area (Å²) in [5.41, 5.74) is 2.11. The van der Waals surface area contributed by atoms with Gasteiger partial charge in [-0.05, 0) is 48.7 Å². The summed E-state index contributed by atoms with van der Waals surface area (Å²) in [5, 5.41) is 13.2. The summed E-state index contributed by atoms with van der Waals surface area (Å²) in [5.74, 6) is 0.211. The number of hydrogen-bond acceptors (Lipinski definition) is 6. The van der Waals surface area contributed by atoms with Crippen molar-refractivity contribution in [3.05, 3.63) is 64.7 Å². The van der Waals surface area contributed by atoms with Gasteiger partial charge in [0, 0.05) is 17.6 Å². The van der Waals surface area contributed by atoms with Gasteiger partial charge in [0.05, 0.1) is 26.4 Å². The fraction of sp³-hybridized carbons (Fsp3) is 0.409. The second kappa shape index (κ2) is 14.2. The van der Waals surface area contributed by atoms with Crippen LogP contribution in [0, 0.1) is 0 Å². The van der Waals surface area contributed by atoms with Crippen LogP contribution in [-0.4, -0.2) is 50.6 Å². The summed E-state index contributed by atoms with van der Waals surface area (Å²) in [4.78, 5) is 11.1. The van der Waals surface area contributed by atoms with Crippen molar-refractivity contribution in [2.75, 3.05) is 33.5 Å². The molecular formula is C22H29Cl2NO5. The Morgan fingerprint density at radius 3 is 2.57 bits per heavy atom. The Morgan fingerprint density at radius 2 is 1.93 bits per heavy atom. The molecule has 0 aliphatic carbocycles. The first-order chi connectivity index (χ1) is 14.0. The fourth-order valence-corrected chi connectivity index (χ4v) is 3.03. The summed E-state index contributed by atoms with van der Waals surface area (Å²) in [6.45, 7) is 2.83. The van der Waals surface area contributed by atoms with E-state index >= 15 is 0 Å². The van der Waals surface area contributed by atoms with E-state index in [1.807, 2.05) is 48.5 Å². The molecule has 2 aromatic rings. The highest BCUT2D eigenvalue weighted by atomic mass is 35.5. The molecule has 0 fully saturated rings. The number of ether oxygens (including phenoxy) is 3. The van der Waals surface area contributed by atoms with Crippen LogP contribution in [0.3, 0.4) is 0 Å². The highest BCUT2D eigenvalue weighted by Crippen LogP contribution is 2.21. The van der Waals surface area contributed by atoms with E-state index in [2.05, 4.69) is 17.0 Å². The number of benzene rings is 2. The Morgan fingerprint density at radius 1 is 1.20 bits per heavy atom. The van der Waals surface area contributed by atoms with Crippen molar-refractivity contribution in [1.82, 2.24) is 5.32 Å². The molecule has 2 aromatic carbocycles. The van der Waals surface area contributed by atoms with E-state index in [1.165, 1.54) is 7.11 Å². The minimum absolute atomic E-state index is 0. The van der Waals surface area contributed by atoms with E-state index in [9.17, 15) is 4.79 Å². The molecule has 0 saturated carbocycles. The lowest BCUT2D eigenvalue weighted by Gasteiger charge is -2.22. The van der Waals surface area contributed by atoms with Gasteiger partial charge in [-0.15, -0.1) is 12.4 Å². The molecule has 0 radical (unpaired) electrons. The van der Waals surface area contributed by atoms with Gasteiger partial charge in [-0.25, -0.2) is 4.79 Å². The minimum Gasteiger partial charge on any atom is -0.482 e. The predicted octanol–water partition coefficient (Wildman–Crippen LogP) is 3.58. The van der Waals surface area contributed by atoms with Gasteiger partial charge in [0.25, 0.3) is 0 Å². The molecule has 0 spiro atoms. The molecule has 166 valence electrons. The summed E-state index contributed by atoms with van der Waals surface area (Å²) >= 11 is 6.09. The number of carbonyl (C=O) groups excluding carboxylic acids is 1. The van der Waals surface area contributed by atoms with Crippen LogP contribution in [0.1, 0.15) is 24.2 Å². The number of carbonyl (C=O) groups is 1. The second-order valence-electron chi connectivity index (χ2n) is 6.66. The molecule has 0 bridgehead atoms. The average Bonchev–Trinajstić information content (AvgIpc) is 2.73. The molecule has 8 heteroatoms. The van der Waals surface area contributed by atoms with Crippen LogP contribution in [0.15, 0.2) is 48.5 Å². The van der Waals surface area contributed by atoms with E-state index in [0.29, 0.717) is 17.3 Å². The van der Waals surface area contributed by atoms with Gasteiger partial charge in [0.1, 0.15) is 5.75 Å². The molecule has 2 atom stereocenters. The number of halogens is 2. The first kappa shape index (κ1) is 26.2. The monoisotopic (exact) mass is 457 g/mol. The molecule has 0 saturated heterocycles. The molecule has 6 nitrogen and oxygen atoms in total. The fourth-order valence-electron chi connectivity index (χ4n) is 2.83. The zero-order valence-electron chi connectivity index (χ0n) is 17.2. The number of nitrogens with one attached hydrogen (secondary N) is 1. The van der Waals surface area contributed by atoms with Gasteiger partial charge in [0.2, 0.25) is 0 Å². The van der Waals surface area contributed by atoms with Gasteiger partial charge in [-0.1, -0.05) is 35.9 Å². The van der Waals surface area contributed by atoms with Crippen molar-refractivity contribution < 1.29 is 24.1 Å². The summed E-state index contributed by atoms with van der Waals surface area (Å²) in [6.07, 6.45) is 0.622. The largest absolute Gasteiger partial charge is 0.482 e. The SMILES string of the molecule is COC(=O)COc1ccc(CC(C)NCC(OCCO)c2cccc(Cl)c2)cc1.Cl. The maximum absolute atomic E-state index is 11.1. The van der Waals surface area contributed by atoms with E-state index in [1.54, 1.807) is 0 Å². The van der Waals surface area contributed by atoms with E-state index in [4.69, 9.17) is 26.2 Å². The number of aliphatic hydroxyl groups excluding tert-OH is 1. The normalized spacial score (nSPS) is 12.5. The number of esters is 1. The topological polar surface area (TPSA) is 77.0 Å². The first-order valence-corrected chi connectivity index (χ1v) is 9.89. The van der Waals surface area contributed by atoms with Crippen LogP contribution in [-0.2, 0) is 20.7 Å². The molecule has 2 rings (SSSR count). The molecule has 2 unspecified atom stereocenters. The third kappa shape index (κ3) is 9.32. The lowest BCUT2D eigenvalue weighted by molar-refractivity contribution is -0.142. The molecule has 0 aliphatic heterocycles. The number of aliphatic hydroxyl groups is 1. The average molecular weight is 458 g/mol. The van der Waals surface area contributed by atoms with Gasteiger partial charge in [-0.2, -0.15) is 0 Å². The Kier molecular flexibility index (Phi) is 12.4. The highest BCUT2D eigenvalue weighted by molar-refractivity contribution is 6.30. The Bertz CT molecular complexity index is 757. The van der Waals surface area contributed by atoms with Crippen LogP contribution in [0.4, 0.5) is 0 Å². The minimum atomic E-state index is -0.412. The lowest BCUT2D eigenvalue weighted by Crippen LogP contribution is -2.33. The molecule has 30 heavy (non-hydrogen) atoms. The highest BCUT2D eigenvalue weighted by Gasteiger charge is 2.14. The zero-order chi connectivity index (χ0) is 21.1. The maximum atomic E-state index is 11.1. The molecule has 0 heterocycles. The van der Waals surface area contributed by atoms with E-state index < -0.39 is 5.97 Å². The summed E-state index contributed by atoms with van der Waals surface area (Å²) in [6, 6.07) is 15.4. The Labute approximate surface area is 188 Å².